The van der Waals surface area contributed by atoms with Gasteiger partial charge >= 0.3 is 0 Å². The molecule has 6 nitrogen and oxygen atoms in total. The molecule has 0 saturated heterocycles. The molecule has 1 aliphatic heterocycles. The van der Waals surface area contributed by atoms with Crippen LogP contribution in [0.15, 0.2) is 16.8 Å². The minimum absolute atomic E-state index is 0.000136. The van der Waals surface area contributed by atoms with Gasteiger partial charge in [-0.15, -0.1) is 0 Å². The lowest BCUT2D eigenvalue weighted by Crippen LogP contribution is -1.96. The van der Waals surface area contributed by atoms with Crippen LogP contribution in [0.1, 0.15) is 0 Å². The summed E-state index contributed by atoms with van der Waals surface area (Å²) in [5.41, 5.74) is 6.02. The van der Waals surface area contributed by atoms with Crippen molar-refractivity contribution in [3.63, 3.8) is 0 Å². The average molecular weight is 252 g/mol. The van der Waals surface area contributed by atoms with Crippen LogP contribution in [-0.4, -0.2) is 19.1 Å². The lowest BCUT2D eigenvalue weighted by atomic mass is 10.1. The highest BCUT2D eigenvalue weighted by atomic mass is 19.1. The zero-order chi connectivity index (χ0) is 12.7. The Morgan fingerprint density at radius 3 is 2.94 bits per heavy atom. The lowest BCUT2D eigenvalue weighted by Gasteiger charge is -2.09. The quantitative estimate of drug-likeness (QED) is 0.877. The van der Waals surface area contributed by atoms with Crippen molar-refractivity contribution in [2.24, 2.45) is 0 Å². The first-order chi connectivity index (χ1) is 8.72. The number of aromatic nitrogens is 1. The van der Waals surface area contributed by atoms with Crippen molar-refractivity contribution < 1.29 is 23.1 Å². The van der Waals surface area contributed by atoms with Gasteiger partial charge in [0, 0.05) is 6.07 Å². The van der Waals surface area contributed by atoms with Crippen molar-refractivity contribution >= 4 is 5.88 Å². The number of methoxy groups -OCH3 is 1. The summed E-state index contributed by atoms with van der Waals surface area (Å²) < 4.78 is 34.4. The molecule has 0 atom stereocenters. The van der Waals surface area contributed by atoms with Gasteiger partial charge in [0.15, 0.2) is 23.1 Å². The van der Waals surface area contributed by atoms with Crippen LogP contribution in [-0.2, 0) is 0 Å². The molecule has 0 spiro atoms. The minimum atomic E-state index is -0.600. The first-order valence-electron chi connectivity index (χ1n) is 5.09. The molecule has 2 N–H and O–H groups in total. The molecular weight excluding hydrogens is 243 g/mol. The van der Waals surface area contributed by atoms with Gasteiger partial charge in [-0.3, -0.25) is 0 Å². The zero-order valence-electron chi connectivity index (χ0n) is 9.40. The van der Waals surface area contributed by atoms with Gasteiger partial charge in [0.2, 0.25) is 12.7 Å². The standard InChI is InChI=1S/C11H9FN2O4/c1-15-6-2-7-10(17-4-16-7)8(9(6)12)5-3-14-18-11(5)13/h2-3H,4,13H2,1H3. The van der Waals surface area contributed by atoms with Crippen LogP contribution in [0, 0.1) is 5.82 Å². The normalized spacial score (nSPS) is 12.8. The first kappa shape index (κ1) is 10.7. The Hall–Kier alpha value is -2.44. The topological polar surface area (TPSA) is 79.7 Å². The number of anilines is 1. The fourth-order valence-corrected chi connectivity index (χ4v) is 1.82. The van der Waals surface area contributed by atoms with E-state index in [1.165, 1.54) is 19.4 Å². The summed E-state index contributed by atoms with van der Waals surface area (Å²) in [5.74, 6) is 0.0957. The third-order valence-electron chi connectivity index (χ3n) is 2.65. The van der Waals surface area contributed by atoms with Gasteiger partial charge in [0.25, 0.3) is 0 Å². The second kappa shape index (κ2) is 3.80. The largest absolute Gasteiger partial charge is 0.494 e. The number of nitrogens with two attached hydrogens (primary N) is 1. The fraction of sp³-hybridized carbons (Fsp3) is 0.182. The van der Waals surface area contributed by atoms with E-state index in [0.29, 0.717) is 11.3 Å². The fourth-order valence-electron chi connectivity index (χ4n) is 1.82. The number of rotatable bonds is 2. The number of nitrogens with zero attached hydrogens (tertiary/aromatic N) is 1. The van der Waals surface area contributed by atoms with Crippen molar-refractivity contribution in [1.82, 2.24) is 5.16 Å². The van der Waals surface area contributed by atoms with Crippen molar-refractivity contribution in [3.05, 3.63) is 18.1 Å². The lowest BCUT2D eigenvalue weighted by molar-refractivity contribution is 0.174. The highest BCUT2D eigenvalue weighted by Gasteiger charge is 2.28. The highest BCUT2D eigenvalue weighted by Crippen LogP contribution is 2.47. The number of hydrogen-bond donors (Lipinski definition) is 1. The van der Waals surface area contributed by atoms with E-state index < -0.39 is 5.82 Å². The summed E-state index contributed by atoms with van der Waals surface area (Å²) in [7, 11) is 1.36. The Labute approximate surface area is 101 Å². The average Bonchev–Trinajstić information content (AvgIpc) is 2.97. The van der Waals surface area contributed by atoms with Crippen LogP contribution < -0.4 is 19.9 Å². The Morgan fingerprint density at radius 1 is 1.44 bits per heavy atom. The molecule has 0 aliphatic carbocycles. The van der Waals surface area contributed by atoms with Gasteiger partial charge in [0.1, 0.15) is 0 Å². The first-order valence-corrected chi connectivity index (χ1v) is 5.09. The van der Waals surface area contributed by atoms with E-state index in [2.05, 4.69) is 5.16 Å². The number of hydrogen-bond acceptors (Lipinski definition) is 6. The molecule has 1 aromatic carbocycles. The molecule has 2 aromatic rings. The number of fused-ring (bicyclic) bond motifs is 1. The maximum absolute atomic E-state index is 14.3. The Morgan fingerprint density at radius 2 is 2.28 bits per heavy atom. The highest BCUT2D eigenvalue weighted by molar-refractivity contribution is 5.81. The maximum Gasteiger partial charge on any atom is 0.231 e. The van der Waals surface area contributed by atoms with Gasteiger partial charge < -0.3 is 24.5 Å². The van der Waals surface area contributed by atoms with Crippen molar-refractivity contribution in [3.8, 4) is 28.4 Å². The third kappa shape index (κ3) is 1.37. The van der Waals surface area contributed by atoms with Crippen LogP contribution in [0.3, 0.4) is 0 Å². The molecule has 94 valence electrons. The molecule has 0 saturated carbocycles. The number of benzene rings is 1. The number of nitrogen functional groups attached to an aromatic ring is 1. The van der Waals surface area contributed by atoms with Crippen molar-refractivity contribution in [2.75, 3.05) is 19.6 Å². The van der Waals surface area contributed by atoms with E-state index in [9.17, 15) is 4.39 Å². The smallest absolute Gasteiger partial charge is 0.231 e. The van der Waals surface area contributed by atoms with Crippen molar-refractivity contribution in [1.29, 1.82) is 0 Å². The van der Waals surface area contributed by atoms with Gasteiger partial charge in [0.05, 0.1) is 24.4 Å². The maximum atomic E-state index is 14.3. The van der Waals surface area contributed by atoms with E-state index in [4.69, 9.17) is 24.5 Å². The van der Waals surface area contributed by atoms with Crippen LogP contribution in [0.5, 0.6) is 17.2 Å². The minimum Gasteiger partial charge on any atom is -0.494 e. The van der Waals surface area contributed by atoms with E-state index in [1.54, 1.807) is 0 Å². The second-order valence-corrected chi connectivity index (χ2v) is 3.61. The summed E-state index contributed by atoms with van der Waals surface area (Å²) >= 11 is 0. The molecule has 7 heteroatoms. The molecule has 0 unspecified atom stereocenters. The summed E-state index contributed by atoms with van der Waals surface area (Å²) in [6.45, 7) is 0.0140. The zero-order valence-corrected chi connectivity index (χ0v) is 9.40. The summed E-state index contributed by atoms with van der Waals surface area (Å²) in [6.07, 6.45) is 1.31. The van der Waals surface area contributed by atoms with Crippen LogP contribution in [0.2, 0.25) is 0 Å². The molecule has 0 amide bonds. The Balaban J connectivity index is 2.31. The second-order valence-electron chi connectivity index (χ2n) is 3.61. The Kier molecular flexibility index (Phi) is 2.26. The molecule has 3 rings (SSSR count). The van der Waals surface area contributed by atoms with E-state index >= 15 is 0 Å². The van der Waals surface area contributed by atoms with Gasteiger partial charge in [-0.05, 0) is 0 Å². The van der Waals surface area contributed by atoms with Gasteiger partial charge in [-0.2, -0.15) is 0 Å². The molecule has 2 heterocycles. The summed E-state index contributed by atoms with van der Waals surface area (Å²) in [5, 5.41) is 3.52. The summed E-state index contributed by atoms with van der Waals surface area (Å²) in [4.78, 5) is 0. The van der Waals surface area contributed by atoms with Crippen LogP contribution in [0.25, 0.3) is 11.1 Å². The molecule has 0 bridgehead atoms. The molecule has 1 aromatic heterocycles. The van der Waals surface area contributed by atoms with Crippen LogP contribution >= 0.6 is 0 Å². The van der Waals surface area contributed by atoms with E-state index in [-0.39, 0.29) is 29.7 Å². The van der Waals surface area contributed by atoms with E-state index in [1.807, 2.05) is 0 Å². The molecule has 18 heavy (non-hydrogen) atoms. The molecular formula is C11H9FN2O4. The number of halogens is 1. The number of ether oxygens (including phenoxy) is 3. The molecule has 0 radical (unpaired) electrons. The van der Waals surface area contributed by atoms with Gasteiger partial charge in [-0.25, -0.2) is 4.39 Å². The van der Waals surface area contributed by atoms with Gasteiger partial charge in [-0.1, -0.05) is 5.16 Å². The predicted octanol–water partition coefficient (Wildman–Crippen LogP) is 1.80. The molecule has 1 aliphatic rings. The summed E-state index contributed by atoms with van der Waals surface area (Å²) in [6, 6.07) is 1.42. The van der Waals surface area contributed by atoms with Crippen molar-refractivity contribution in [2.45, 2.75) is 0 Å². The third-order valence-corrected chi connectivity index (χ3v) is 2.65. The monoisotopic (exact) mass is 252 g/mol. The SMILES string of the molecule is COc1cc2c(c(-c3cnoc3N)c1F)OCO2. The van der Waals surface area contributed by atoms with Crippen LogP contribution in [0.4, 0.5) is 10.3 Å². The van der Waals surface area contributed by atoms with E-state index in [0.717, 1.165) is 0 Å². The Bertz CT molecular complexity index is 611. The molecule has 0 fully saturated rings. The predicted molar refractivity (Wildman–Crippen MR) is 59.0 cm³/mol.